The average Bonchev–Trinajstić information content (AvgIpc) is 2.85. The highest BCUT2D eigenvalue weighted by Gasteiger charge is 2.13. The molecule has 0 saturated carbocycles. The summed E-state index contributed by atoms with van der Waals surface area (Å²) in [5.74, 6) is -0.692. The number of rotatable bonds is 9. The van der Waals surface area contributed by atoms with Gasteiger partial charge in [0, 0.05) is 10.0 Å². The second-order valence-electron chi connectivity index (χ2n) is 6.98. The number of hydrogen-bond donors (Lipinski definition) is 2. The van der Waals surface area contributed by atoms with Gasteiger partial charge >= 0.3 is 5.97 Å². The fourth-order valence-electron chi connectivity index (χ4n) is 2.84. The van der Waals surface area contributed by atoms with E-state index in [0.29, 0.717) is 23.5 Å². The molecule has 0 aliphatic rings. The Labute approximate surface area is 215 Å². The van der Waals surface area contributed by atoms with Crippen LogP contribution in [0, 0.1) is 0 Å². The number of carbonyl (C=O) groups excluding carboxylic acids is 3. The van der Waals surface area contributed by atoms with Crippen LogP contribution in [0.1, 0.15) is 33.2 Å². The van der Waals surface area contributed by atoms with E-state index in [2.05, 4.69) is 31.8 Å². The minimum atomic E-state index is -0.559. The minimum Gasteiger partial charge on any atom is -0.494 e. The van der Waals surface area contributed by atoms with Crippen LogP contribution in [-0.2, 0) is 4.79 Å². The number of nitrogens with one attached hydrogen (secondary N) is 2. The predicted molar refractivity (Wildman–Crippen MR) is 136 cm³/mol. The lowest BCUT2D eigenvalue weighted by molar-refractivity contribution is -0.120. The molecule has 0 aliphatic carbocycles. The number of benzene rings is 3. The fourth-order valence-corrected chi connectivity index (χ4v) is 3.44. The lowest BCUT2D eigenvalue weighted by Gasteiger charge is -2.09. The highest BCUT2D eigenvalue weighted by atomic mass is 79.9. The van der Waals surface area contributed by atoms with Crippen LogP contribution in [0.15, 0.2) is 76.3 Å². The minimum absolute atomic E-state index is 0.247. The molecule has 0 unspecified atom stereocenters. The molecule has 0 fully saturated rings. The molecule has 2 N–H and O–H groups in total. The van der Waals surface area contributed by atoms with Gasteiger partial charge in [0.25, 0.3) is 11.8 Å². The first kappa shape index (κ1) is 25.9. The SMILES string of the molecule is CCOc1ccc(C(=O)Oc2ccc(Br)cc2/C=N/NC(=O)CNC(=O)c2ccccc2Cl)cc1. The van der Waals surface area contributed by atoms with Crippen molar-refractivity contribution in [2.24, 2.45) is 5.10 Å². The molecule has 0 bridgehead atoms. The van der Waals surface area contributed by atoms with E-state index in [-0.39, 0.29) is 22.9 Å². The Balaban J connectivity index is 1.59. The smallest absolute Gasteiger partial charge is 0.343 e. The summed E-state index contributed by atoms with van der Waals surface area (Å²) in [6.45, 7) is 2.09. The number of hydrogen-bond acceptors (Lipinski definition) is 6. The van der Waals surface area contributed by atoms with E-state index >= 15 is 0 Å². The zero-order chi connectivity index (χ0) is 25.2. The Morgan fingerprint density at radius 3 is 2.51 bits per heavy atom. The summed E-state index contributed by atoms with van der Waals surface area (Å²) in [6, 6.07) is 18.1. The van der Waals surface area contributed by atoms with E-state index in [9.17, 15) is 14.4 Å². The average molecular weight is 559 g/mol. The molecule has 3 aromatic rings. The zero-order valence-corrected chi connectivity index (χ0v) is 20.9. The maximum absolute atomic E-state index is 12.6. The predicted octanol–water partition coefficient (Wildman–Crippen LogP) is 4.60. The maximum atomic E-state index is 12.6. The van der Waals surface area contributed by atoms with Gasteiger partial charge in [-0.25, -0.2) is 10.2 Å². The van der Waals surface area contributed by atoms with Crippen molar-refractivity contribution in [2.45, 2.75) is 6.92 Å². The first-order valence-electron chi connectivity index (χ1n) is 10.5. The van der Waals surface area contributed by atoms with Crippen molar-refractivity contribution in [1.29, 1.82) is 0 Å². The van der Waals surface area contributed by atoms with Crippen molar-refractivity contribution in [2.75, 3.05) is 13.2 Å². The molecule has 0 saturated heterocycles. The Bertz CT molecular complexity index is 1250. The fraction of sp³-hybridized carbons (Fsp3) is 0.120. The van der Waals surface area contributed by atoms with Gasteiger partial charge in [-0.05, 0) is 61.5 Å². The van der Waals surface area contributed by atoms with Crippen LogP contribution in [0.4, 0.5) is 0 Å². The molecular weight excluding hydrogens is 538 g/mol. The molecule has 8 nitrogen and oxygen atoms in total. The molecule has 0 heterocycles. The molecule has 0 atom stereocenters. The van der Waals surface area contributed by atoms with Crippen LogP contribution in [0.2, 0.25) is 5.02 Å². The first-order chi connectivity index (χ1) is 16.9. The third-order valence-electron chi connectivity index (χ3n) is 4.50. The number of nitrogens with zero attached hydrogens (tertiary/aromatic N) is 1. The number of esters is 1. The van der Waals surface area contributed by atoms with E-state index in [4.69, 9.17) is 21.1 Å². The number of carbonyl (C=O) groups is 3. The van der Waals surface area contributed by atoms with Crippen LogP contribution in [0.3, 0.4) is 0 Å². The summed E-state index contributed by atoms with van der Waals surface area (Å²) >= 11 is 9.34. The molecule has 3 aromatic carbocycles. The zero-order valence-electron chi connectivity index (χ0n) is 18.6. The second kappa shape index (κ2) is 12.7. The van der Waals surface area contributed by atoms with Gasteiger partial charge in [-0.3, -0.25) is 9.59 Å². The quantitative estimate of drug-likeness (QED) is 0.173. The van der Waals surface area contributed by atoms with Crippen LogP contribution < -0.4 is 20.2 Å². The summed E-state index contributed by atoms with van der Waals surface area (Å²) in [5.41, 5.74) is 3.37. The van der Waals surface area contributed by atoms with Crippen LogP contribution >= 0.6 is 27.5 Å². The van der Waals surface area contributed by atoms with Gasteiger partial charge in [-0.2, -0.15) is 5.10 Å². The summed E-state index contributed by atoms with van der Waals surface area (Å²) in [7, 11) is 0. The molecule has 35 heavy (non-hydrogen) atoms. The van der Waals surface area contributed by atoms with Crippen molar-refractivity contribution in [3.8, 4) is 11.5 Å². The Hall–Kier alpha value is -3.69. The highest BCUT2D eigenvalue weighted by Crippen LogP contribution is 2.23. The molecule has 10 heteroatoms. The topological polar surface area (TPSA) is 106 Å². The lowest BCUT2D eigenvalue weighted by Crippen LogP contribution is -2.35. The van der Waals surface area contributed by atoms with E-state index in [1.807, 2.05) is 6.92 Å². The van der Waals surface area contributed by atoms with E-state index in [1.165, 1.54) is 6.21 Å². The molecule has 3 rings (SSSR count). The number of hydrazone groups is 1. The monoisotopic (exact) mass is 557 g/mol. The number of halogens is 2. The second-order valence-corrected chi connectivity index (χ2v) is 8.31. The summed E-state index contributed by atoms with van der Waals surface area (Å²) in [5, 5.41) is 6.65. The largest absolute Gasteiger partial charge is 0.494 e. The molecule has 0 spiro atoms. The standard InChI is InChI=1S/C25H21BrClN3O5/c1-2-34-19-10-7-16(8-11-19)25(33)35-22-12-9-18(26)13-17(22)14-29-30-23(31)15-28-24(32)20-5-3-4-6-21(20)27/h3-14H,2,15H2,1H3,(H,28,32)(H,30,31)/b29-14+. The molecule has 180 valence electrons. The number of ether oxygens (including phenoxy) is 2. The van der Waals surface area contributed by atoms with Gasteiger partial charge in [-0.15, -0.1) is 0 Å². The van der Waals surface area contributed by atoms with Crippen molar-refractivity contribution in [1.82, 2.24) is 10.7 Å². The summed E-state index contributed by atoms with van der Waals surface area (Å²) in [4.78, 5) is 36.8. The van der Waals surface area contributed by atoms with Crippen LogP contribution in [-0.4, -0.2) is 37.1 Å². The van der Waals surface area contributed by atoms with Gasteiger partial charge in [0.2, 0.25) is 0 Å². The van der Waals surface area contributed by atoms with Gasteiger partial charge in [0.15, 0.2) is 0 Å². The van der Waals surface area contributed by atoms with Crippen molar-refractivity contribution in [3.05, 3.63) is 92.9 Å². The van der Waals surface area contributed by atoms with Crippen molar-refractivity contribution >= 4 is 51.5 Å². The highest BCUT2D eigenvalue weighted by molar-refractivity contribution is 9.10. The molecule has 2 amide bonds. The Morgan fingerprint density at radius 1 is 1.06 bits per heavy atom. The molecule has 0 aromatic heterocycles. The number of amides is 2. The summed E-state index contributed by atoms with van der Waals surface area (Å²) in [6.07, 6.45) is 1.33. The normalized spacial score (nSPS) is 10.6. The first-order valence-corrected chi connectivity index (χ1v) is 11.6. The third kappa shape index (κ3) is 7.66. The van der Waals surface area contributed by atoms with Crippen molar-refractivity contribution < 1.29 is 23.9 Å². The van der Waals surface area contributed by atoms with Gasteiger partial charge in [-0.1, -0.05) is 39.7 Å². The van der Waals surface area contributed by atoms with Gasteiger partial charge in [0.05, 0.1) is 35.5 Å². The van der Waals surface area contributed by atoms with Crippen molar-refractivity contribution in [3.63, 3.8) is 0 Å². The molecule has 0 radical (unpaired) electrons. The van der Waals surface area contributed by atoms with E-state index < -0.39 is 17.8 Å². The summed E-state index contributed by atoms with van der Waals surface area (Å²) < 4.78 is 11.6. The van der Waals surface area contributed by atoms with E-state index in [0.717, 1.165) is 4.47 Å². The van der Waals surface area contributed by atoms with Crippen LogP contribution in [0.5, 0.6) is 11.5 Å². The third-order valence-corrected chi connectivity index (χ3v) is 5.32. The Morgan fingerprint density at radius 2 is 1.80 bits per heavy atom. The van der Waals surface area contributed by atoms with Crippen LogP contribution in [0.25, 0.3) is 0 Å². The van der Waals surface area contributed by atoms with Gasteiger partial charge in [0.1, 0.15) is 11.5 Å². The Kier molecular flexibility index (Phi) is 9.39. The lowest BCUT2D eigenvalue weighted by atomic mass is 10.2. The maximum Gasteiger partial charge on any atom is 0.343 e. The molecular formula is C25H21BrClN3O5. The van der Waals surface area contributed by atoms with E-state index in [1.54, 1.807) is 66.7 Å². The molecule has 0 aliphatic heterocycles. The van der Waals surface area contributed by atoms with Gasteiger partial charge < -0.3 is 14.8 Å².